The van der Waals surface area contributed by atoms with Crippen LogP contribution in [0.25, 0.3) is 9.69 Å². The zero-order valence-electron chi connectivity index (χ0n) is 26.3. The smallest absolute Gasteiger partial charge is 1.00 e. The molecule has 0 saturated carbocycles. The molecular weight excluding hydrogens is 728 g/mol. The van der Waals surface area contributed by atoms with E-state index in [4.69, 9.17) is 40.5 Å². The summed E-state index contributed by atoms with van der Waals surface area (Å²) in [6.45, 7) is 13.5. The van der Waals surface area contributed by atoms with E-state index in [1.54, 1.807) is 0 Å². The van der Waals surface area contributed by atoms with Crippen LogP contribution in [0, 0.1) is 45.0 Å². The van der Waals surface area contributed by atoms with Crippen molar-refractivity contribution in [1.82, 2.24) is 0 Å². The summed E-state index contributed by atoms with van der Waals surface area (Å²) < 4.78 is 25.0. The molecule has 0 fully saturated rings. The number of amides is 1. The number of carbonyl (C=O) groups excluding carboxylic acids is 3. The van der Waals surface area contributed by atoms with E-state index < -0.39 is 26.8 Å². The van der Waals surface area contributed by atoms with Gasteiger partial charge in [0.15, 0.2) is 0 Å². The molecule has 0 aromatic heterocycles. The molecule has 15 nitrogen and oxygen atoms in total. The fourth-order valence-electron chi connectivity index (χ4n) is 2.97. The Morgan fingerprint density at radius 3 is 1.59 bits per heavy atom. The number of anilines is 2. The van der Waals surface area contributed by atoms with Gasteiger partial charge in [0.25, 0.3) is 29.0 Å². The second kappa shape index (κ2) is 25.4. The molecule has 0 unspecified atom stereocenters. The molecule has 4 aromatic carbocycles. The fourth-order valence-corrected chi connectivity index (χ4v) is 3.10. The van der Waals surface area contributed by atoms with Crippen molar-refractivity contribution in [1.29, 1.82) is 0 Å². The fraction of sp³-hybridized carbons (Fsp3) is 0. The van der Waals surface area contributed by atoms with Gasteiger partial charge in [-0.2, -0.15) is 0 Å². The SMILES string of the molecule is O=C(Cl)c1ccc(F)cc1.O=CO[O-].[C-]#[N+]c1ccc([N+](=O)[O-])cc1N.[C-]#[N+]c1ccc([N+](=O)[O-])cc1NC(=O)c1ccc(F)cc1.[H-].[K+].[K+]. The van der Waals surface area contributed by atoms with Crippen molar-refractivity contribution in [2.45, 2.75) is 0 Å². The van der Waals surface area contributed by atoms with Crippen molar-refractivity contribution >= 4 is 63.3 Å². The number of carbonyl (C=O) groups is 3. The van der Waals surface area contributed by atoms with Crippen molar-refractivity contribution in [3.8, 4) is 0 Å². The first-order chi connectivity index (χ1) is 22.3. The van der Waals surface area contributed by atoms with Gasteiger partial charge in [0.1, 0.15) is 11.6 Å². The molecule has 4 rings (SSSR count). The number of nitrogens with two attached hydrogens (primary N) is 1. The zero-order valence-corrected chi connectivity index (χ0v) is 32.3. The summed E-state index contributed by atoms with van der Waals surface area (Å²) in [4.78, 5) is 59.6. The van der Waals surface area contributed by atoms with Crippen LogP contribution in [0.1, 0.15) is 22.1 Å². The zero-order chi connectivity index (χ0) is 35.5. The summed E-state index contributed by atoms with van der Waals surface area (Å²) in [5, 5.41) is 31.2. The van der Waals surface area contributed by atoms with Gasteiger partial charge < -0.3 is 22.6 Å². The summed E-state index contributed by atoms with van der Waals surface area (Å²) in [5.41, 5.74) is 5.99. The summed E-state index contributed by atoms with van der Waals surface area (Å²) >= 11 is 5.09. The minimum atomic E-state index is -0.624. The standard InChI is InChI=1S/C14H8FN3O3.C7H4ClFO.C7H5N3O2.CH2O3.2K.H/c1-16-12-7-6-11(18(20)21)8-13(12)17-14(19)9-2-4-10(15)5-3-9;8-7(10)5-1-3-6(9)4-2-5;1-9-7-3-2-5(10(11)12)4-6(7)8;2-1-4-3;;;/h2-8H,(H,17,19);1-4H;2-4H,8H2;1,3H;;;/q;;;;2*+1;-1/p-1. The maximum absolute atomic E-state index is 12.8. The molecule has 20 heteroatoms. The second-order valence-electron chi connectivity index (χ2n) is 8.12. The topological polar surface area (TPSA) is 217 Å². The summed E-state index contributed by atoms with van der Waals surface area (Å²) in [5.74, 6) is -1.44. The van der Waals surface area contributed by atoms with E-state index in [1.807, 2.05) is 0 Å². The number of benzene rings is 4. The van der Waals surface area contributed by atoms with Gasteiger partial charge in [-0.1, -0.05) is 0 Å². The van der Waals surface area contributed by atoms with Crippen LogP contribution in [-0.2, 0) is 9.68 Å². The first-order valence-corrected chi connectivity index (χ1v) is 12.5. The first kappa shape index (κ1) is 47.6. The molecule has 0 saturated heterocycles. The molecule has 0 spiro atoms. The first-order valence-electron chi connectivity index (χ1n) is 12.1. The number of halogens is 3. The predicted octanol–water partition coefficient (Wildman–Crippen LogP) is 0.0247. The van der Waals surface area contributed by atoms with Crippen LogP contribution >= 0.6 is 11.6 Å². The van der Waals surface area contributed by atoms with Crippen molar-refractivity contribution in [2.75, 3.05) is 11.1 Å². The molecule has 0 radical (unpaired) electrons. The van der Waals surface area contributed by atoms with Crippen LogP contribution in [0.3, 0.4) is 0 Å². The third-order valence-corrected chi connectivity index (χ3v) is 5.34. The van der Waals surface area contributed by atoms with Crippen LogP contribution in [0.5, 0.6) is 0 Å². The predicted molar refractivity (Wildman–Crippen MR) is 162 cm³/mol. The molecule has 0 aliphatic carbocycles. The van der Waals surface area contributed by atoms with E-state index in [2.05, 4.69) is 19.9 Å². The van der Waals surface area contributed by atoms with Crippen LogP contribution in [0.2, 0.25) is 0 Å². The number of nitrogens with one attached hydrogen (secondary N) is 1. The largest absolute Gasteiger partial charge is 1.00 e. The normalized spacial score (nSPS) is 8.69. The monoisotopic (exact) mass is 746 g/mol. The van der Waals surface area contributed by atoms with E-state index in [0.717, 1.165) is 18.2 Å². The summed E-state index contributed by atoms with van der Waals surface area (Å²) in [6.07, 6.45) is 0. The van der Waals surface area contributed by atoms with E-state index in [0.29, 0.717) is 5.56 Å². The van der Waals surface area contributed by atoms with E-state index in [9.17, 15) is 38.6 Å². The molecule has 1 amide bonds. The maximum Gasteiger partial charge on any atom is 1.00 e. The molecular formula is C29H19ClF2K2N6O9. The van der Waals surface area contributed by atoms with Gasteiger partial charge in [-0.15, -0.1) is 0 Å². The average molecular weight is 747 g/mol. The number of nitrogens with zero attached hydrogens (tertiary/aromatic N) is 4. The number of nitro benzene ring substituents is 2. The number of rotatable bonds is 6. The molecule has 49 heavy (non-hydrogen) atoms. The maximum atomic E-state index is 12.8. The summed E-state index contributed by atoms with van der Waals surface area (Å²) in [7, 11) is 0. The quantitative estimate of drug-likeness (QED) is 0.0394. The Labute approximate surface area is 367 Å². The van der Waals surface area contributed by atoms with Gasteiger partial charge in [-0.05, 0) is 72.3 Å². The number of nitrogen functional groups attached to an aromatic ring is 1. The molecule has 4 aromatic rings. The molecule has 0 bridgehead atoms. The minimum Gasteiger partial charge on any atom is -1.00 e. The van der Waals surface area contributed by atoms with Crippen LogP contribution in [-0.4, -0.2) is 27.5 Å². The van der Waals surface area contributed by atoms with Gasteiger partial charge in [0, 0.05) is 41.1 Å². The van der Waals surface area contributed by atoms with Crippen LogP contribution in [0.4, 0.5) is 42.9 Å². The van der Waals surface area contributed by atoms with Gasteiger partial charge >= 0.3 is 103 Å². The van der Waals surface area contributed by atoms with Gasteiger partial charge in [0.2, 0.25) is 11.4 Å². The minimum absolute atomic E-state index is 0. The Morgan fingerprint density at radius 1 is 0.816 bits per heavy atom. The van der Waals surface area contributed by atoms with Gasteiger partial charge in [-0.25, -0.2) is 18.5 Å². The summed E-state index contributed by atoms with van der Waals surface area (Å²) in [6, 6.07) is 17.2. The average Bonchev–Trinajstić information content (AvgIpc) is 3.05. The molecule has 0 atom stereocenters. The Morgan fingerprint density at radius 2 is 1.22 bits per heavy atom. The number of hydrogen-bond donors (Lipinski definition) is 2. The molecule has 0 aliphatic heterocycles. The van der Waals surface area contributed by atoms with Crippen molar-refractivity contribution in [3.05, 3.63) is 151 Å². The van der Waals surface area contributed by atoms with Gasteiger partial charge in [0.05, 0.1) is 28.7 Å². The van der Waals surface area contributed by atoms with Crippen LogP contribution < -0.4 is 119 Å². The number of nitro groups is 2. The van der Waals surface area contributed by atoms with E-state index in [1.165, 1.54) is 66.7 Å². The molecule has 0 heterocycles. The van der Waals surface area contributed by atoms with E-state index >= 15 is 0 Å². The third kappa shape index (κ3) is 17.6. The number of non-ortho nitro benzene ring substituents is 2. The van der Waals surface area contributed by atoms with E-state index in [-0.39, 0.29) is 156 Å². The Balaban J connectivity index is -0.000000653. The van der Waals surface area contributed by atoms with Crippen molar-refractivity contribution < 1.29 is 147 Å². The third-order valence-electron chi connectivity index (χ3n) is 5.12. The van der Waals surface area contributed by atoms with Gasteiger partial charge in [-0.3, -0.25) is 34.6 Å². The Kier molecular flexibility index (Phi) is 24.7. The molecule has 0 aliphatic rings. The Bertz CT molecular complexity index is 1850. The molecule has 242 valence electrons. The number of hydrogen-bond acceptors (Lipinski definition) is 10. The molecule has 3 N–H and O–H groups in total. The van der Waals surface area contributed by atoms with Crippen LogP contribution in [0.15, 0.2) is 84.9 Å². The van der Waals surface area contributed by atoms with Crippen molar-refractivity contribution in [3.63, 3.8) is 0 Å². The van der Waals surface area contributed by atoms with Crippen molar-refractivity contribution in [2.24, 2.45) is 0 Å². The second-order valence-corrected chi connectivity index (χ2v) is 8.46. The Hall–Kier alpha value is -3.55.